The maximum absolute atomic E-state index is 14.6. The third-order valence-corrected chi connectivity index (χ3v) is 9.32. The molecule has 0 aliphatic carbocycles. The van der Waals surface area contributed by atoms with E-state index >= 15 is 0 Å². The third-order valence-electron chi connectivity index (χ3n) is 7.30. The summed E-state index contributed by atoms with van der Waals surface area (Å²) in [6.45, 7) is 5.07. The van der Waals surface area contributed by atoms with Crippen molar-refractivity contribution in [2.75, 3.05) is 25.1 Å². The van der Waals surface area contributed by atoms with Crippen LogP contribution in [0, 0.1) is 0 Å². The Morgan fingerprint density at radius 3 is 1.94 bits per heavy atom. The lowest BCUT2D eigenvalue weighted by molar-refractivity contribution is -0.140. The van der Waals surface area contributed by atoms with Gasteiger partial charge in [-0.25, -0.2) is 8.42 Å². The molecule has 4 aromatic rings. The molecule has 0 fully saturated rings. The van der Waals surface area contributed by atoms with Crippen molar-refractivity contribution in [1.82, 2.24) is 10.2 Å². The fourth-order valence-electron chi connectivity index (χ4n) is 5.03. The van der Waals surface area contributed by atoms with Crippen LogP contribution in [0.25, 0.3) is 0 Å². The molecule has 47 heavy (non-hydrogen) atoms. The highest BCUT2D eigenvalue weighted by Crippen LogP contribution is 2.33. The van der Waals surface area contributed by atoms with E-state index in [2.05, 4.69) is 5.32 Å². The number of methoxy groups -OCH3 is 2. The molecule has 1 atom stereocenters. The van der Waals surface area contributed by atoms with Gasteiger partial charge in [0, 0.05) is 29.6 Å². The van der Waals surface area contributed by atoms with Crippen LogP contribution in [0.5, 0.6) is 11.5 Å². The molecule has 1 N–H and O–H groups in total. The average molecular weight is 678 g/mol. The Hall–Kier alpha value is -4.54. The number of rotatable bonds is 13. The Morgan fingerprint density at radius 1 is 0.809 bits per heavy atom. The first-order valence-corrected chi connectivity index (χ1v) is 16.8. The van der Waals surface area contributed by atoms with Crippen LogP contribution in [0.15, 0.2) is 108 Å². The molecule has 1 unspecified atom stereocenters. The number of benzene rings is 4. The lowest BCUT2D eigenvalue weighted by Crippen LogP contribution is -2.56. The van der Waals surface area contributed by atoms with Gasteiger partial charge in [0.05, 0.1) is 24.8 Å². The van der Waals surface area contributed by atoms with Crippen molar-refractivity contribution in [2.45, 2.75) is 50.2 Å². The molecule has 0 heterocycles. The van der Waals surface area contributed by atoms with Gasteiger partial charge in [0.25, 0.3) is 10.0 Å². The molecular weight excluding hydrogens is 638 g/mol. The van der Waals surface area contributed by atoms with Gasteiger partial charge in [-0.1, -0.05) is 72.3 Å². The van der Waals surface area contributed by atoms with Gasteiger partial charge >= 0.3 is 0 Å². The first-order chi connectivity index (χ1) is 22.3. The van der Waals surface area contributed by atoms with Crippen LogP contribution in [-0.4, -0.2) is 57.5 Å². The minimum Gasteiger partial charge on any atom is -0.493 e. The van der Waals surface area contributed by atoms with E-state index in [0.717, 1.165) is 15.4 Å². The number of ether oxygens (including phenoxy) is 2. The molecule has 4 rings (SSSR count). The number of anilines is 1. The molecule has 9 nitrogen and oxygen atoms in total. The van der Waals surface area contributed by atoms with E-state index in [-0.39, 0.29) is 35.2 Å². The second-order valence-electron chi connectivity index (χ2n) is 12.0. The van der Waals surface area contributed by atoms with Gasteiger partial charge in [-0.15, -0.1) is 0 Å². The molecule has 0 aromatic heterocycles. The zero-order valence-electron chi connectivity index (χ0n) is 27.1. The van der Waals surface area contributed by atoms with Crippen molar-refractivity contribution in [1.29, 1.82) is 0 Å². The second-order valence-corrected chi connectivity index (χ2v) is 14.3. The molecule has 0 saturated heterocycles. The van der Waals surface area contributed by atoms with Gasteiger partial charge in [0.15, 0.2) is 11.5 Å². The number of nitrogens with one attached hydrogen (secondary N) is 1. The summed E-state index contributed by atoms with van der Waals surface area (Å²) in [7, 11) is -1.49. The topological polar surface area (TPSA) is 105 Å². The predicted molar refractivity (Wildman–Crippen MR) is 184 cm³/mol. The SMILES string of the molecule is COc1ccc(S(=O)(=O)N(CC(=O)N(Cc2ccccc2)C(Cc2ccccc2)C(=O)NC(C)(C)C)c2ccc(Cl)cc2)cc1OC. The lowest BCUT2D eigenvalue weighted by atomic mass is 10.0. The summed E-state index contributed by atoms with van der Waals surface area (Å²) in [5, 5.41) is 3.43. The first-order valence-electron chi connectivity index (χ1n) is 15.0. The van der Waals surface area contributed by atoms with Crippen molar-refractivity contribution in [3.63, 3.8) is 0 Å². The fourth-order valence-corrected chi connectivity index (χ4v) is 6.58. The number of hydrogen-bond acceptors (Lipinski definition) is 6. The molecule has 248 valence electrons. The van der Waals surface area contributed by atoms with Gasteiger partial charge in [-0.3, -0.25) is 13.9 Å². The van der Waals surface area contributed by atoms with Gasteiger partial charge in [0.2, 0.25) is 11.8 Å². The van der Waals surface area contributed by atoms with E-state index in [1.807, 2.05) is 81.4 Å². The van der Waals surface area contributed by atoms with E-state index in [0.29, 0.717) is 10.8 Å². The molecule has 0 aliphatic rings. The standard InChI is InChI=1S/C36H40ClN3O6S/c1-36(2,3)38-35(42)31(22-26-12-8-6-9-13-26)39(24-27-14-10-7-11-15-27)34(41)25-40(29-18-16-28(37)17-19-29)47(43,44)30-20-21-32(45-4)33(23-30)46-5/h6-21,23,31H,22,24-25H2,1-5H3,(H,38,42). The minimum absolute atomic E-state index is 0.0690. The molecule has 0 radical (unpaired) electrons. The Morgan fingerprint density at radius 2 is 1.38 bits per heavy atom. The molecule has 11 heteroatoms. The monoisotopic (exact) mass is 677 g/mol. The van der Waals surface area contributed by atoms with Gasteiger partial charge in [0.1, 0.15) is 12.6 Å². The smallest absolute Gasteiger partial charge is 0.264 e. The fraction of sp³-hybridized carbons (Fsp3) is 0.278. The van der Waals surface area contributed by atoms with Crippen molar-refractivity contribution in [3.05, 3.63) is 119 Å². The van der Waals surface area contributed by atoms with Crippen LogP contribution in [-0.2, 0) is 32.6 Å². The number of sulfonamides is 1. The summed E-state index contributed by atoms with van der Waals surface area (Å²) in [6, 6.07) is 28.1. The highest BCUT2D eigenvalue weighted by atomic mass is 35.5. The van der Waals surface area contributed by atoms with Crippen LogP contribution in [0.3, 0.4) is 0 Å². The summed E-state index contributed by atoms with van der Waals surface area (Å²) >= 11 is 6.16. The maximum Gasteiger partial charge on any atom is 0.264 e. The summed E-state index contributed by atoms with van der Waals surface area (Å²) in [4.78, 5) is 29.9. The predicted octanol–water partition coefficient (Wildman–Crippen LogP) is 6.11. The molecule has 0 bridgehead atoms. The van der Waals surface area contributed by atoms with Crippen LogP contribution >= 0.6 is 11.6 Å². The number of nitrogens with zero attached hydrogens (tertiary/aromatic N) is 2. The van der Waals surface area contributed by atoms with Crippen molar-refractivity contribution in [2.24, 2.45) is 0 Å². The number of hydrogen-bond donors (Lipinski definition) is 1. The Balaban J connectivity index is 1.82. The van der Waals surface area contributed by atoms with Crippen LogP contribution in [0.4, 0.5) is 5.69 Å². The molecular formula is C36H40ClN3O6S. The van der Waals surface area contributed by atoms with Gasteiger partial charge in [-0.05, 0) is 68.3 Å². The third kappa shape index (κ3) is 9.27. The highest BCUT2D eigenvalue weighted by Gasteiger charge is 2.36. The van der Waals surface area contributed by atoms with E-state index < -0.39 is 34.1 Å². The molecule has 4 aromatic carbocycles. The molecule has 0 saturated carbocycles. The Labute approximate surface area is 282 Å². The summed E-state index contributed by atoms with van der Waals surface area (Å²) in [5.41, 5.74) is 1.26. The van der Waals surface area contributed by atoms with Crippen molar-refractivity contribution >= 4 is 39.1 Å². The summed E-state index contributed by atoms with van der Waals surface area (Å²) in [5.74, 6) is -0.365. The largest absolute Gasteiger partial charge is 0.493 e. The van der Waals surface area contributed by atoms with E-state index in [1.165, 1.54) is 49.5 Å². The van der Waals surface area contributed by atoms with Gasteiger partial charge < -0.3 is 19.7 Å². The summed E-state index contributed by atoms with van der Waals surface area (Å²) in [6.07, 6.45) is 0.213. The summed E-state index contributed by atoms with van der Waals surface area (Å²) < 4.78 is 40.3. The first kappa shape index (κ1) is 35.3. The van der Waals surface area contributed by atoms with Crippen LogP contribution in [0.1, 0.15) is 31.9 Å². The average Bonchev–Trinajstić information content (AvgIpc) is 3.05. The normalized spacial score (nSPS) is 12.1. The van der Waals surface area contributed by atoms with E-state index in [4.69, 9.17) is 21.1 Å². The Kier molecular flexibility index (Phi) is 11.5. The zero-order chi connectivity index (χ0) is 34.2. The molecule has 0 aliphatic heterocycles. The maximum atomic E-state index is 14.6. The zero-order valence-corrected chi connectivity index (χ0v) is 28.7. The van der Waals surface area contributed by atoms with E-state index in [1.54, 1.807) is 12.1 Å². The second kappa shape index (κ2) is 15.4. The highest BCUT2D eigenvalue weighted by molar-refractivity contribution is 7.92. The quantitative estimate of drug-likeness (QED) is 0.183. The minimum atomic E-state index is -4.35. The van der Waals surface area contributed by atoms with Crippen molar-refractivity contribution in [3.8, 4) is 11.5 Å². The number of halogens is 1. The molecule has 2 amide bonds. The molecule has 0 spiro atoms. The van der Waals surface area contributed by atoms with Crippen LogP contribution < -0.4 is 19.1 Å². The van der Waals surface area contributed by atoms with Crippen LogP contribution in [0.2, 0.25) is 5.02 Å². The number of carbonyl (C=O) groups is 2. The number of carbonyl (C=O) groups excluding carboxylic acids is 2. The Bertz CT molecular complexity index is 1760. The number of amides is 2. The van der Waals surface area contributed by atoms with E-state index in [9.17, 15) is 18.0 Å². The lowest BCUT2D eigenvalue weighted by Gasteiger charge is -2.35. The van der Waals surface area contributed by atoms with Crippen molar-refractivity contribution < 1.29 is 27.5 Å². The van der Waals surface area contributed by atoms with Gasteiger partial charge in [-0.2, -0.15) is 0 Å².